The van der Waals surface area contributed by atoms with Gasteiger partial charge in [-0.3, -0.25) is 4.79 Å². The number of fused-ring (bicyclic) bond motifs is 1. The van der Waals surface area contributed by atoms with E-state index in [-0.39, 0.29) is 17.3 Å². The minimum Gasteiger partial charge on any atom is -0.497 e. The van der Waals surface area contributed by atoms with Crippen LogP contribution in [-0.2, 0) is 27.8 Å². The quantitative estimate of drug-likeness (QED) is 0.661. The highest BCUT2D eigenvalue weighted by Gasteiger charge is 2.39. The molecule has 0 spiro atoms. The van der Waals surface area contributed by atoms with Gasteiger partial charge in [0.05, 0.1) is 12.0 Å². The van der Waals surface area contributed by atoms with Gasteiger partial charge in [0.15, 0.2) is 0 Å². The van der Waals surface area contributed by atoms with Gasteiger partial charge in [0.1, 0.15) is 11.8 Å². The number of carbonyl (C=O) groups excluding carboxylic acids is 1. The molecule has 1 heterocycles. The number of benzene rings is 3. The van der Waals surface area contributed by atoms with Crippen LogP contribution in [0.4, 0.5) is 5.69 Å². The van der Waals surface area contributed by atoms with Gasteiger partial charge in [-0.2, -0.15) is 4.31 Å². The van der Waals surface area contributed by atoms with Crippen molar-refractivity contribution in [2.75, 3.05) is 12.4 Å². The monoisotopic (exact) mass is 436 g/mol. The first kappa shape index (κ1) is 21.1. The molecule has 1 aliphatic rings. The van der Waals surface area contributed by atoms with E-state index >= 15 is 0 Å². The van der Waals surface area contributed by atoms with Crippen molar-refractivity contribution in [3.63, 3.8) is 0 Å². The van der Waals surface area contributed by atoms with Crippen LogP contribution in [0, 0.1) is 6.92 Å². The minimum absolute atomic E-state index is 0.126. The van der Waals surface area contributed by atoms with Crippen LogP contribution in [0.1, 0.15) is 16.7 Å². The van der Waals surface area contributed by atoms with Gasteiger partial charge in [-0.1, -0.05) is 42.0 Å². The second kappa shape index (κ2) is 8.53. The molecule has 31 heavy (non-hydrogen) atoms. The number of sulfonamides is 1. The Kier molecular flexibility index (Phi) is 5.80. The van der Waals surface area contributed by atoms with Gasteiger partial charge in [-0.15, -0.1) is 0 Å². The average molecular weight is 437 g/mol. The normalized spacial score (nSPS) is 16.4. The number of anilines is 1. The number of nitrogens with zero attached hydrogens (tertiary/aromatic N) is 1. The van der Waals surface area contributed by atoms with Crippen molar-refractivity contribution >= 4 is 21.6 Å². The van der Waals surface area contributed by atoms with Crippen LogP contribution >= 0.6 is 0 Å². The molecule has 0 bridgehead atoms. The van der Waals surface area contributed by atoms with Gasteiger partial charge >= 0.3 is 0 Å². The third-order valence-corrected chi connectivity index (χ3v) is 7.36. The van der Waals surface area contributed by atoms with E-state index in [4.69, 9.17) is 4.74 Å². The summed E-state index contributed by atoms with van der Waals surface area (Å²) in [4.78, 5) is 13.3. The zero-order valence-electron chi connectivity index (χ0n) is 17.4. The molecule has 3 aromatic carbocycles. The Hall–Kier alpha value is -3.16. The lowest BCUT2D eigenvalue weighted by atomic mass is 9.95. The summed E-state index contributed by atoms with van der Waals surface area (Å²) in [5, 5.41) is 2.88. The molecule has 0 fully saturated rings. The van der Waals surface area contributed by atoms with Gasteiger partial charge in [0.2, 0.25) is 15.9 Å². The molecule has 1 atom stereocenters. The number of hydrogen-bond acceptors (Lipinski definition) is 4. The number of ether oxygens (including phenoxy) is 1. The van der Waals surface area contributed by atoms with Crippen LogP contribution in [0.2, 0.25) is 0 Å². The molecule has 0 saturated heterocycles. The third kappa shape index (κ3) is 4.33. The predicted octanol–water partition coefficient (Wildman–Crippen LogP) is 3.76. The lowest BCUT2D eigenvalue weighted by molar-refractivity contribution is -0.120. The summed E-state index contributed by atoms with van der Waals surface area (Å²) in [5.41, 5.74) is 3.59. The molecule has 6 nitrogen and oxygen atoms in total. The molecule has 0 saturated carbocycles. The molecule has 1 N–H and O–H groups in total. The maximum atomic E-state index is 13.5. The third-order valence-electron chi connectivity index (χ3n) is 5.49. The van der Waals surface area contributed by atoms with Crippen molar-refractivity contribution in [3.8, 4) is 5.75 Å². The summed E-state index contributed by atoms with van der Waals surface area (Å²) >= 11 is 0. The Morgan fingerprint density at radius 2 is 1.61 bits per heavy atom. The summed E-state index contributed by atoms with van der Waals surface area (Å²) in [6.07, 6.45) is 0.309. The number of carbonyl (C=O) groups is 1. The number of aryl methyl sites for hydroxylation is 1. The zero-order valence-corrected chi connectivity index (χ0v) is 18.2. The second-order valence-electron chi connectivity index (χ2n) is 7.57. The predicted molar refractivity (Wildman–Crippen MR) is 119 cm³/mol. The molecule has 0 aromatic heterocycles. The summed E-state index contributed by atoms with van der Waals surface area (Å²) in [6.45, 7) is 2.10. The van der Waals surface area contributed by atoms with E-state index in [1.54, 1.807) is 12.1 Å². The van der Waals surface area contributed by atoms with Crippen LogP contribution in [-0.4, -0.2) is 31.8 Å². The Bertz CT molecular complexity index is 1190. The smallest absolute Gasteiger partial charge is 0.244 e. The highest BCUT2D eigenvalue weighted by Crippen LogP contribution is 2.30. The summed E-state index contributed by atoms with van der Waals surface area (Å²) in [7, 11) is -2.38. The summed E-state index contributed by atoms with van der Waals surface area (Å²) in [6, 6.07) is 20.4. The molecule has 1 aliphatic heterocycles. The number of nitrogens with one attached hydrogen (secondary N) is 1. The molecular weight excluding hydrogens is 412 g/mol. The second-order valence-corrected chi connectivity index (χ2v) is 9.46. The van der Waals surface area contributed by atoms with Gasteiger partial charge in [-0.05, 0) is 60.9 Å². The van der Waals surface area contributed by atoms with Crippen molar-refractivity contribution in [1.29, 1.82) is 0 Å². The van der Waals surface area contributed by atoms with Gasteiger partial charge in [-0.25, -0.2) is 8.42 Å². The largest absolute Gasteiger partial charge is 0.497 e. The summed E-state index contributed by atoms with van der Waals surface area (Å²) < 4.78 is 33.5. The molecule has 4 rings (SSSR count). The van der Waals surface area contributed by atoms with E-state index in [0.717, 1.165) is 16.7 Å². The topological polar surface area (TPSA) is 75.7 Å². The van der Waals surface area contributed by atoms with Crippen molar-refractivity contribution < 1.29 is 17.9 Å². The first-order valence-corrected chi connectivity index (χ1v) is 11.4. The first-order valence-electron chi connectivity index (χ1n) is 9.99. The van der Waals surface area contributed by atoms with E-state index in [1.165, 1.54) is 23.5 Å². The minimum atomic E-state index is -3.91. The molecular formula is C24H24N2O4S. The molecule has 7 heteroatoms. The van der Waals surface area contributed by atoms with Crippen molar-refractivity contribution in [2.45, 2.75) is 30.8 Å². The lowest BCUT2D eigenvalue weighted by Crippen LogP contribution is -2.50. The van der Waals surface area contributed by atoms with Crippen LogP contribution in [0.5, 0.6) is 5.75 Å². The van der Waals surface area contributed by atoms with Crippen molar-refractivity contribution in [1.82, 2.24) is 4.31 Å². The number of methoxy groups -OCH3 is 1. The van der Waals surface area contributed by atoms with E-state index in [2.05, 4.69) is 5.32 Å². The fourth-order valence-electron chi connectivity index (χ4n) is 3.72. The highest BCUT2D eigenvalue weighted by molar-refractivity contribution is 7.89. The fourth-order valence-corrected chi connectivity index (χ4v) is 5.29. The SMILES string of the molecule is COc1ccc(S(=O)(=O)N2Cc3ccccc3C[C@H]2C(=O)Nc2ccc(C)cc2)cc1. The van der Waals surface area contributed by atoms with Crippen LogP contribution in [0.3, 0.4) is 0 Å². The molecule has 3 aromatic rings. The Labute approximate surface area is 182 Å². The maximum Gasteiger partial charge on any atom is 0.244 e. The van der Waals surface area contributed by atoms with Crippen LogP contribution < -0.4 is 10.1 Å². The molecule has 0 aliphatic carbocycles. The molecule has 1 amide bonds. The average Bonchev–Trinajstić information content (AvgIpc) is 2.79. The Morgan fingerprint density at radius 3 is 2.26 bits per heavy atom. The lowest BCUT2D eigenvalue weighted by Gasteiger charge is -2.35. The van der Waals surface area contributed by atoms with E-state index in [0.29, 0.717) is 17.9 Å². The Balaban J connectivity index is 1.69. The Morgan fingerprint density at radius 1 is 0.968 bits per heavy atom. The van der Waals surface area contributed by atoms with E-state index < -0.39 is 16.1 Å². The molecule has 160 valence electrons. The van der Waals surface area contributed by atoms with Crippen molar-refractivity contribution in [2.24, 2.45) is 0 Å². The van der Waals surface area contributed by atoms with Gasteiger partial charge in [0.25, 0.3) is 0 Å². The number of rotatable bonds is 5. The molecule has 0 unspecified atom stereocenters. The van der Waals surface area contributed by atoms with Crippen LogP contribution in [0.15, 0.2) is 77.7 Å². The summed E-state index contributed by atoms with van der Waals surface area (Å²) in [5.74, 6) is 0.215. The van der Waals surface area contributed by atoms with Gasteiger partial charge < -0.3 is 10.1 Å². The standard InChI is InChI=1S/C24H24N2O4S/c1-17-7-9-20(10-8-17)25-24(27)23-15-18-5-3-4-6-19(18)16-26(23)31(28,29)22-13-11-21(30-2)12-14-22/h3-14,23H,15-16H2,1-2H3,(H,25,27)/t23-/m0/s1. The van der Waals surface area contributed by atoms with Gasteiger partial charge in [0, 0.05) is 12.2 Å². The first-order chi connectivity index (χ1) is 14.9. The number of hydrogen-bond donors (Lipinski definition) is 1. The number of amides is 1. The molecule has 0 radical (unpaired) electrons. The zero-order chi connectivity index (χ0) is 22.0. The van der Waals surface area contributed by atoms with Crippen molar-refractivity contribution in [3.05, 3.63) is 89.5 Å². The van der Waals surface area contributed by atoms with Crippen LogP contribution in [0.25, 0.3) is 0 Å². The fraction of sp³-hybridized carbons (Fsp3) is 0.208. The van der Waals surface area contributed by atoms with E-state index in [1.807, 2.05) is 55.5 Å². The van der Waals surface area contributed by atoms with E-state index in [9.17, 15) is 13.2 Å². The maximum absolute atomic E-state index is 13.5. The highest BCUT2D eigenvalue weighted by atomic mass is 32.2.